The van der Waals surface area contributed by atoms with E-state index < -0.39 is 5.56 Å². The van der Waals surface area contributed by atoms with Gasteiger partial charge in [0.05, 0.1) is 5.02 Å². The van der Waals surface area contributed by atoms with E-state index in [0.717, 1.165) is 19.4 Å². The molecule has 1 atom stereocenters. The lowest BCUT2D eigenvalue weighted by atomic mass is 10.1. The maximum atomic E-state index is 12.4. The molecule has 1 N–H and O–H groups in total. The first-order valence-electron chi connectivity index (χ1n) is 5.93. The summed E-state index contributed by atoms with van der Waals surface area (Å²) in [5.74, 6) is -0.298. The quantitative estimate of drug-likeness (QED) is 0.841. The highest BCUT2D eigenvalue weighted by Crippen LogP contribution is 2.19. The first-order valence-corrected chi connectivity index (χ1v) is 6.31. The van der Waals surface area contributed by atoms with Crippen molar-refractivity contribution < 1.29 is 4.79 Å². The lowest BCUT2D eigenvalue weighted by molar-refractivity contribution is -0.0388. The molecule has 1 unspecified atom stereocenters. The largest absolute Gasteiger partial charge is 0.327 e. The molecule has 98 valence electrons. The predicted octanol–water partition coefficient (Wildman–Crippen LogP) is 1.50. The Kier molecular flexibility index (Phi) is 3.73. The maximum absolute atomic E-state index is 12.4. The Morgan fingerprint density at radius 3 is 2.94 bits per heavy atom. The number of hydrazine groups is 1. The van der Waals surface area contributed by atoms with Gasteiger partial charge in [-0.1, -0.05) is 11.6 Å². The van der Waals surface area contributed by atoms with Gasteiger partial charge in [-0.25, -0.2) is 5.01 Å². The molecule has 2 heterocycles. The summed E-state index contributed by atoms with van der Waals surface area (Å²) in [6.45, 7) is 2.79. The molecule has 5 nitrogen and oxygen atoms in total. The van der Waals surface area contributed by atoms with Crippen LogP contribution in [0.25, 0.3) is 0 Å². The van der Waals surface area contributed by atoms with Gasteiger partial charge in [0.2, 0.25) is 0 Å². The summed E-state index contributed by atoms with van der Waals surface area (Å²) in [6, 6.07) is 1.51. The molecular weight excluding hydrogens is 254 g/mol. The summed E-state index contributed by atoms with van der Waals surface area (Å²) in [5, 5.41) is 3.84. The average molecular weight is 270 g/mol. The van der Waals surface area contributed by atoms with Gasteiger partial charge in [-0.15, -0.1) is 0 Å². The number of pyridine rings is 1. The standard InChI is InChI=1S/C12H16ClN3O2/c1-8-4-3-5-15(2)16(8)12(18)10-6-9(13)7-14-11(10)17/h6-8H,3-5H2,1-2H3,(H,14,17). The second-order valence-electron chi connectivity index (χ2n) is 4.58. The van der Waals surface area contributed by atoms with Gasteiger partial charge in [0.15, 0.2) is 0 Å². The van der Waals surface area contributed by atoms with E-state index in [-0.39, 0.29) is 17.5 Å². The van der Waals surface area contributed by atoms with E-state index in [4.69, 9.17) is 11.6 Å². The molecule has 1 amide bonds. The van der Waals surface area contributed by atoms with Crippen molar-refractivity contribution in [2.24, 2.45) is 0 Å². The molecule has 0 spiro atoms. The molecule has 1 aliphatic rings. The molecule has 1 aliphatic heterocycles. The number of hydrogen-bond acceptors (Lipinski definition) is 3. The fraction of sp³-hybridized carbons (Fsp3) is 0.500. The molecule has 1 aromatic rings. The number of carbonyl (C=O) groups is 1. The normalized spacial score (nSPS) is 21.1. The lowest BCUT2D eigenvalue weighted by Gasteiger charge is -2.40. The van der Waals surface area contributed by atoms with Crippen LogP contribution < -0.4 is 5.56 Å². The van der Waals surface area contributed by atoms with E-state index in [1.165, 1.54) is 12.3 Å². The maximum Gasteiger partial charge on any atom is 0.274 e. The van der Waals surface area contributed by atoms with E-state index in [1.54, 1.807) is 5.01 Å². The molecule has 1 saturated heterocycles. The Balaban J connectivity index is 2.35. The van der Waals surface area contributed by atoms with E-state index in [2.05, 4.69) is 4.98 Å². The molecule has 0 bridgehead atoms. The number of halogens is 1. The predicted molar refractivity (Wildman–Crippen MR) is 69.6 cm³/mol. The van der Waals surface area contributed by atoms with E-state index >= 15 is 0 Å². The van der Waals surface area contributed by atoms with Gasteiger partial charge < -0.3 is 4.98 Å². The first-order chi connectivity index (χ1) is 8.50. The van der Waals surface area contributed by atoms with Gasteiger partial charge in [-0.2, -0.15) is 0 Å². The summed E-state index contributed by atoms with van der Waals surface area (Å²) >= 11 is 5.82. The molecule has 2 rings (SSSR count). The molecule has 0 radical (unpaired) electrons. The molecule has 1 fully saturated rings. The van der Waals surface area contributed by atoms with Crippen LogP contribution in [0.5, 0.6) is 0 Å². The molecule has 0 aromatic carbocycles. The van der Waals surface area contributed by atoms with Crippen LogP contribution in [0.2, 0.25) is 5.02 Å². The van der Waals surface area contributed by atoms with Crippen LogP contribution in [0.1, 0.15) is 30.1 Å². The zero-order chi connectivity index (χ0) is 13.3. The van der Waals surface area contributed by atoms with Gasteiger partial charge in [-0.3, -0.25) is 14.6 Å². The fourth-order valence-electron chi connectivity index (χ4n) is 2.28. The zero-order valence-corrected chi connectivity index (χ0v) is 11.2. The highest BCUT2D eigenvalue weighted by Gasteiger charge is 2.29. The van der Waals surface area contributed by atoms with Crippen LogP contribution in [0.15, 0.2) is 17.1 Å². The summed E-state index contributed by atoms with van der Waals surface area (Å²) in [6.07, 6.45) is 3.37. The fourth-order valence-corrected chi connectivity index (χ4v) is 2.44. The number of aromatic amines is 1. The lowest BCUT2D eigenvalue weighted by Crippen LogP contribution is -2.53. The number of nitrogens with zero attached hydrogens (tertiary/aromatic N) is 2. The van der Waals surface area contributed by atoms with Crippen molar-refractivity contribution in [1.82, 2.24) is 15.0 Å². The average Bonchev–Trinajstić information content (AvgIpc) is 2.32. The van der Waals surface area contributed by atoms with Crippen molar-refractivity contribution in [3.05, 3.63) is 33.2 Å². The topological polar surface area (TPSA) is 56.4 Å². The van der Waals surface area contributed by atoms with Crippen molar-refractivity contribution in [2.75, 3.05) is 13.6 Å². The third kappa shape index (κ3) is 2.42. The van der Waals surface area contributed by atoms with Crippen molar-refractivity contribution in [3.63, 3.8) is 0 Å². The molecule has 18 heavy (non-hydrogen) atoms. The second kappa shape index (κ2) is 5.12. The summed E-state index contributed by atoms with van der Waals surface area (Å²) in [5.41, 5.74) is -0.321. The van der Waals surface area contributed by atoms with Gasteiger partial charge in [0.25, 0.3) is 11.5 Å². The minimum Gasteiger partial charge on any atom is -0.327 e. The Hall–Kier alpha value is -1.33. The number of aromatic nitrogens is 1. The Labute approximate surface area is 110 Å². The summed E-state index contributed by atoms with van der Waals surface area (Å²) in [7, 11) is 1.85. The van der Waals surface area contributed by atoms with E-state index in [0.29, 0.717) is 5.02 Å². The van der Waals surface area contributed by atoms with Crippen molar-refractivity contribution >= 4 is 17.5 Å². The van der Waals surface area contributed by atoms with Crippen LogP contribution >= 0.6 is 11.6 Å². The van der Waals surface area contributed by atoms with Crippen LogP contribution in [0.3, 0.4) is 0 Å². The number of rotatable bonds is 1. The van der Waals surface area contributed by atoms with Crippen molar-refractivity contribution in [2.45, 2.75) is 25.8 Å². The van der Waals surface area contributed by atoms with Crippen LogP contribution in [0.4, 0.5) is 0 Å². The Morgan fingerprint density at radius 2 is 2.28 bits per heavy atom. The zero-order valence-electron chi connectivity index (χ0n) is 10.4. The summed E-state index contributed by atoms with van der Waals surface area (Å²) < 4.78 is 0. The van der Waals surface area contributed by atoms with E-state index in [1.807, 2.05) is 19.0 Å². The monoisotopic (exact) mass is 269 g/mol. The number of H-pyrrole nitrogens is 1. The molecule has 0 saturated carbocycles. The minimum absolute atomic E-state index is 0.0862. The number of amides is 1. The van der Waals surface area contributed by atoms with Crippen LogP contribution in [0, 0.1) is 0 Å². The van der Waals surface area contributed by atoms with E-state index in [9.17, 15) is 9.59 Å². The highest BCUT2D eigenvalue weighted by molar-refractivity contribution is 6.30. The van der Waals surface area contributed by atoms with Gasteiger partial charge in [0, 0.05) is 25.8 Å². The van der Waals surface area contributed by atoms with Gasteiger partial charge >= 0.3 is 0 Å². The Morgan fingerprint density at radius 1 is 1.56 bits per heavy atom. The third-order valence-electron chi connectivity index (χ3n) is 3.20. The van der Waals surface area contributed by atoms with Crippen molar-refractivity contribution in [1.29, 1.82) is 0 Å². The first kappa shape index (κ1) is 13.1. The van der Waals surface area contributed by atoms with Gasteiger partial charge in [-0.05, 0) is 25.8 Å². The van der Waals surface area contributed by atoms with Crippen LogP contribution in [-0.2, 0) is 0 Å². The van der Waals surface area contributed by atoms with Crippen molar-refractivity contribution in [3.8, 4) is 0 Å². The second-order valence-corrected chi connectivity index (χ2v) is 5.02. The Bertz CT molecular complexity index is 504. The van der Waals surface area contributed by atoms with Crippen LogP contribution in [-0.4, -0.2) is 40.5 Å². The molecule has 6 heteroatoms. The number of carbonyl (C=O) groups excluding carboxylic acids is 1. The summed E-state index contributed by atoms with van der Waals surface area (Å²) in [4.78, 5) is 26.6. The third-order valence-corrected chi connectivity index (χ3v) is 3.41. The number of nitrogens with one attached hydrogen (secondary N) is 1. The highest BCUT2D eigenvalue weighted by atomic mass is 35.5. The number of hydrogen-bond donors (Lipinski definition) is 1. The SMILES string of the molecule is CC1CCCN(C)N1C(=O)c1cc(Cl)c[nH]c1=O. The smallest absolute Gasteiger partial charge is 0.274 e. The molecular formula is C12H16ClN3O2. The molecule has 1 aromatic heterocycles. The molecule has 0 aliphatic carbocycles. The minimum atomic E-state index is -0.407. The van der Waals surface area contributed by atoms with Gasteiger partial charge in [0.1, 0.15) is 5.56 Å².